The molecule has 0 fully saturated rings. The van der Waals surface area contributed by atoms with Crippen LogP contribution in [0, 0.1) is 6.92 Å². The maximum absolute atomic E-state index is 12.2. The van der Waals surface area contributed by atoms with Gasteiger partial charge in [-0.1, -0.05) is 42.0 Å². The molecule has 0 radical (unpaired) electrons. The predicted octanol–water partition coefficient (Wildman–Crippen LogP) is 3.73. The molecule has 0 saturated heterocycles. The average molecular weight is 334 g/mol. The van der Waals surface area contributed by atoms with E-state index in [9.17, 15) is 9.59 Å². The number of para-hydroxylation sites is 1. The number of amides is 1. The monoisotopic (exact) mass is 334 g/mol. The highest BCUT2D eigenvalue weighted by Gasteiger charge is 2.20. The average Bonchev–Trinajstić information content (AvgIpc) is 2.63. The van der Waals surface area contributed by atoms with Gasteiger partial charge in [-0.15, -0.1) is 0 Å². The van der Waals surface area contributed by atoms with Crippen molar-refractivity contribution in [3.05, 3.63) is 71.9 Å². The number of pyridine rings is 1. The van der Waals surface area contributed by atoms with Crippen LogP contribution < -0.4 is 5.32 Å². The molecule has 5 nitrogen and oxygen atoms in total. The van der Waals surface area contributed by atoms with Gasteiger partial charge in [0.05, 0.1) is 5.52 Å². The van der Waals surface area contributed by atoms with Crippen molar-refractivity contribution in [3.8, 4) is 0 Å². The van der Waals surface area contributed by atoms with E-state index in [1.54, 1.807) is 24.3 Å². The molecule has 1 atom stereocenters. The molecule has 2 aromatic carbocycles. The zero-order valence-corrected chi connectivity index (χ0v) is 14.0. The first kappa shape index (κ1) is 16.6. The van der Waals surface area contributed by atoms with Crippen molar-refractivity contribution in [2.75, 3.05) is 5.32 Å². The molecule has 1 aromatic heterocycles. The summed E-state index contributed by atoms with van der Waals surface area (Å²) in [5.74, 6) is -1.02. The van der Waals surface area contributed by atoms with E-state index in [2.05, 4.69) is 10.3 Å². The van der Waals surface area contributed by atoms with Crippen molar-refractivity contribution in [1.29, 1.82) is 0 Å². The van der Waals surface area contributed by atoms with Crippen LogP contribution in [-0.2, 0) is 9.53 Å². The third-order valence-electron chi connectivity index (χ3n) is 3.78. The zero-order chi connectivity index (χ0) is 17.8. The predicted molar refractivity (Wildman–Crippen MR) is 96.4 cm³/mol. The van der Waals surface area contributed by atoms with E-state index < -0.39 is 18.0 Å². The highest BCUT2D eigenvalue weighted by molar-refractivity contribution is 5.97. The number of benzene rings is 2. The number of hydrogen-bond acceptors (Lipinski definition) is 4. The maximum Gasteiger partial charge on any atom is 0.357 e. The number of esters is 1. The molecule has 0 spiro atoms. The largest absolute Gasteiger partial charge is 0.448 e. The third-order valence-corrected chi connectivity index (χ3v) is 3.78. The number of hydrogen-bond donors (Lipinski definition) is 1. The quantitative estimate of drug-likeness (QED) is 0.738. The summed E-state index contributed by atoms with van der Waals surface area (Å²) in [7, 11) is 0. The van der Waals surface area contributed by atoms with Crippen LogP contribution in [0.3, 0.4) is 0 Å². The number of anilines is 1. The molecule has 0 bridgehead atoms. The van der Waals surface area contributed by atoms with Crippen molar-refractivity contribution >= 4 is 28.5 Å². The number of carbonyl (C=O) groups excluding carboxylic acids is 2. The summed E-state index contributed by atoms with van der Waals surface area (Å²) in [5, 5.41) is 3.65. The molecule has 0 aliphatic heterocycles. The van der Waals surface area contributed by atoms with Gasteiger partial charge in [-0.3, -0.25) is 4.79 Å². The summed E-state index contributed by atoms with van der Waals surface area (Å²) in [5.41, 5.74) is 2.63. The van der Waals surface area contributed by atoms with Crippen molar-refractivity contribution in [2.24, 2.45) is 0 Å². The lowest BCUT2D eigenvalue weighted by atomic mass is 10.2. The topological polar surface area (TPSA) is 68.3 Å². The van der Waals surface area contributed by atoms with E-state index in [1.807, 2.05) is 43.3 Å². The fourth-order valence-electron chi connectivity index (χ4n) is 2.33. The summed E-state index contributed by atoms with van der Waals surface area (Å²) in [6.45, 7) is 3.50. The van der Waals surface area contributed by atoms with E-state index in [4.69, 9.17) is 4.74 Å². The van der Waals surface area contributed by atoms with Gasteiger partial charge in [-0.2, -0.15) is 0 Å². The van der Waals surface area contributed by atoms with E-state index in [-0.39, 0.29) is 5.69 Å². The Morgan fingerprint density at radius 2 is 1.72 bits per heavy atom. The van der Waals surface area contributed by atoms with Crippen LogP contribution in [0.15, 0.2) is 60.7 Å². The van der Waals surface area contributed by atoms with Gasteiger partial charge in [-0.25, -0.2) is 9.78 Å². The fourth-order valence-corrected chi connectivity index (χ4v) is 2.33. The smallest absolute Gasteiger partial charge is 0.357 e. The minimum Gasteiger partial charge on any atom is -0.448 e. The van der Waals surface area contributed by atoms with Crippen LogP contribution in [0.25, 0.3) is 10.9 Å². The van der Waals surface area contributed by atoms with Crippen LogP contribution >= 0.6 is 0 Å². The van der Waals surface area contributed by atoms with E-state index in [0.29, 0.717) is 11.2 Å². The van der Waals surface area contributed by atoms with Gasteiger partial charge >= 0.3 is 5.97 Å². The molecule has 3 rings (SSSR count). The summed E-state index contributed by atoms with van der Waals surface area (Å²) < 4.78 is 5.23. The normalized spacial score (nSPS) is 11.8. The number of carbonyl (C=O) groups is 2. The molecule has 126 valence electrons. The minimum atomic E-state index is -0.929. The minimum absolute atomic E-state index is 0.175. The molecule has 1 heterocycles. The van der Waals surface area contributed by atoms with E-state index >= 15 is 0 Å². The molecule has 0 aliphatic carbocycles. The van der Waals surface area contributed by atoms with Crippen LogP contribution in [0.1, 0.15) is 23.0 Å². The summed E-state index contributed by atoms with van der Waals surface area (Å²) in [4.78, 5) is 28.7. The second-order valence-electron chi connectivity index (χ2n) is 5.79. The lowest BCUT2D eigenvalue weighted by molar-refractivity contribution is -0.123. The second-order valence-corrected chi connectivity index (χ2v) is 5.79. The Bertz CT molecular complexity index is 920. The first-order chi connectivity index (χ1) is 12.0. The fraction of sp³-hybridized carbons (Fsp3) is 0.150. The molecule has 1 amide bonds. The van der Waals surface area contributed by atoms with Gasteiger partial charge in [0, 0.05) is 11.1 Å². The van der Waals surface area contributed by atoms with Crippen LogP contribution in [0.2, 0.25) is 0 Å². The van der Waals surface area contributed by atoms with Crippen LogP contribution in [0.4, 0.5) is 5.69 Å². The Hall–Kier alpha value is -3.21. The Balaban J connectivity index is 1.66. The van der Waals surface area contributed by atoms with Crippen LogP contribution in [-0.4, -0.2) is 23.0 Å². The van der Waals surface area contributed by atoms with Gasteiger partial charge in [0.1, 0.15) is 5.69 Å². The Morgan fingerprint density at radius 1 is 1.00 bits per heavy atom. The summed E-state index contributed by atoms with van der Waals surface area (Å²) >= 11 is 0. The van der Waals surface area contributed by atoms with Gasteiger partial charge < -0.3 is 10.1 Å². The summed E-state index contributed by atoms with van der Waals surface area (Å²) in [6, 6.07) is 18.3. The lowest BCUT2D eigenvalue weighted by Crippen LogP contribution is -2.30. The van der Waals surface area contributed by atoms with Gasteiger partial charge in [-0.05, 0) is 38.1 Å². The zero-order valence-electron chi connectivity index (χ0n) is 14.0. The molecule has 25 heavy (non-hydrogen) atoms. The lowest BCUT2D eigenvalue weighted by Gasteiger charge is -2.13. The number of rotatable bonds is 4. The molecular formula is C20H18N2O3. The van der Waals surface area contributed by atoms with Gasteiger partial charge in [0.2, 0.25) is 0 Å². The highest BCUT2D eigenvalue weighted by atomic mass is 16.5. The molecule has 0 unspecified atom stereocenters. The number of aromatic nitrogens is 1. The van der Waals surface area contributed by atoms with Crippen molar-refractivity contribution in [2.45, 2.75) is 20.0 Å². The van der Waals surface area contributed by atoms with Crippen LogP contribution in [0.5, 0.6) is 0 Å². The molecule has 0 saturated carbocycles. The third kappa shape index (κ3) is 4.01. The van der Waals surface area contributed by atoms with Crippen molar-refractivity contribution in [3.63, 3.8) is 0 Å². The Labute approximate surface area is 145 Å². The van der Waals surface area contributed by atoms with Crippen molar-refractivity contribution in [1.82, 2.24) is 4.98 Å². The maximum atomic E-state index is 12.2. The molecule has 3 aromatic rings. The number of ether oxygens (including phenoxy) is 1. The Morgan fingerprint density at radius 3 is 2.48 bits per heavy atom. The molecular weight excluding hydrogens is 316 g/mol. The van der Waals surface area contributed by atoms with E-state index in [1.165, 1.54) is 6.92 Å². The van der Waals surface area contributed by atoms with Crippen molar-refractivity contribution < 1.29 is 14.3 Å². The summed E-state index contributed by atoms with van der Waals surface area (Å²) in [6.07, 6.45) is -0.929. The van der Waals surface area contributed by atoms with Gasteiger partial charge in [0.15, 0.2) is 6.10 Å². The first-order valence-electron chi connectivity index (χ1n) is 7.97. The second kappa shape index (κ2) is 7.13. The van der Waals surface area contributed by atoms with Gasteiger partial charge in [0.25, 0.3) is 5.91 Å². The number of nitrogens with zero attached hydrogens (tertiary/aromatic N) is 1. The standard InChI is InChI=1S/C20H18N2O3/c1-13-7-10-16(11-8-13)21-19(23)14(2)25-20(24)18-12-9-15-5-3-4-6-17(15)22-18/h3-12,14H,1-2H3,(H,21,23)/t14-/m1/s1. The number of fused-ring (bicyclic) bond motifs is 1. The number of aryl methyl sites for hydroxylation is 1. The number of nitrogens with one attached hydrogen (secondary N) is 1. The SMILES string of the molecule is Cc1ccc(NC(=O)[C@@H](C)OC(=O)c2ccc3ccccc3n2)cc1. The van der Waals surface area contributed by atoms with E-state index in [0.717, 1.165) is 10.9 Å². The molecule has 0 aliphatic rings. The first-order valence-corrected chi connectivity index (χ1v) is 7.97. The Kier molecular flexibility index (Phi) is 4.75. The molecule has 1 N–H and O–H groups in total. The molecule has 5 heteroatoms. The highest BCUT2D eigenvalue weighted by Crippen LogP contribution is 2.14.